The molecule has 0 aliphatic carbocycles. The van der Waals surface area contributed by atoms with Gasteiger partial charge in [0, 0.05) is 6.04 Å². The Hall–Kier alpha value is -2.28. The van der Waals surface area contributed by atoms with E-state index in [0.29, 0.717) is 12.2 Å². The molecule has 2 aromatic rings. The number of rotatable bonds is 5. The molecule has 1 N–H and O–H groups in total. The van der Waals surface area contributed by atoms with Gasteiger partial charge in [0.15, 0.2) is 15.9 Å². The lowest BCUT2D eigenvalue weighted by Gasteiger charge is -2.17. The third-order valence-corrected chi connectivity index (χ3v) is 6.05. The van der Waals surface area contributed by atoms with Crippen LogP contribution in [0.25, 0.3) is 10.8 Å². The Morgan fingerprint density at radius 1 is 1.16 bits per heavy atom. The monoisotopic (exact) mass is 363 g/mol. The van der Waals surface area contributed by atoms with Crippen LogP contribution in [0.4, 0.5) is 0 Å². The highest BCUT2D eigenvalue weighted by Crippen LogP contribution is 2.25. The van der Waals surface area contributed by atoms with Gasteiger partial charge in [-0.05, 0) is 48.4 Å². The van der Waals surface area contributed by atoms with E-state index in [-0.39, 0.29) is 23.5 Å². The Labute approximate surface area is 147 Å². The summed E-state index contributed by atoms with van der Waals surface area (Å²) in [7, 11) is -1.42. The molecule has 0 bridgehead atoms. The predicted octanol–water partition coefficient (Wildman–Crippen LogP) is 1.92. The van der Waals surface area contributed by atoms with Crippen molar-refractivity contribution in [2.45, 2.75) is 25.5 Å². The van der Waals surface area contributed by atoms with Gasteiger partial charge >= 0.3 is 0 Å². The van der Waals surface area contributed by atoms with E-state index in [1.165, 1.54) is 0 Å². The van der Waals surface area contributed by atoms with Gasteiger partial charge in [0.1, 0.15) is 11.5 Å². The number of nitrogens with one attached hydrogen (secondary N) is 1. The van der Waals surface area contributed by atoms with Crippen molar-refractivity contribution in [3.63, 3.8) is 0 Å². The van der Waals surface area contributed by atoms with E-state index in [4.69, 9.17) is 9.47 Å². The summed E-state index contributed by atoms with van der Waals surface area (Å²) in [5.41, 5.74) is 0. The van der Waals surface area contributed by atoms with Crippen molar-refractivity contribution in [2.75, 3.05) is 18.6 Å². The topological polar surface area (TPSA) is 81.7 Å². The van der Waals surface area contributed by atoms with Crippen LogP contribution in [0.3, 0.4) is 0 Å². The van der Waals surface area contributed by atoms with Crippen LogP contribution < -0.4 is 14.8 Å². The maximum atomic E-state index is 12.2. The molecule has 1 amide bonds. The van der Waals surface area contributed by atoms with Crippen molar-refractivity contribution in [1.82, 2.24) is 5.32 Å². The van der Waals surface area contributed by atoms with E-state index in [1.807, 2.05) is 30.3 Å². The first-order valence-corrected chi connectivity index (χ1v) is 9.94. The van der Waals surface area contributed by atoms with Gasteiger partial charge in [-0.15, -0.1) is 0 Å². The predicted molar refractivity (Wildman–Crippen MR) is 95.8 cm³/mol. The van der Waals surface area contributed by atoms with Crippen LogP contribution in [-0.4, -0.2) is 45.1 Å². The molecule has 0 radical (unpaired) electrons. The highest BCUT2D eigenvalue weighted by Gasteiger charge is 2.30. The molecule has 1 saturated heterocycles. The lowest BCUT2D eigenvalue weighted by molar-refractivity contribution is -0.127. The quantitative estimate of drug-likeness (QED) is 0.878. The molecule has 1 fully saturated rings. The summed E-state index contributed by atoms with van der Waals surface area (Å²) in [5, 5.41) is 4.74. The molecule has 25 heavy (non-hydrogen) atoms. The van der Waals surface area contributed by atoms with Crippen LogP contribution in [-0.2, 0) is 14.6 Å². The molecule has 134 valence electrons. The maximum Gasteiger partial charge on any atom is 0.261 e. The number of fused-ring (bicyclic) bond motifs is 1. The maximum absolute atomic E-state index is 12.2. The zero-order valence-corrected chi connectivity index (χ0v) is 15.0. The molecule has 2 aromatic carbocycles. The Morgan fingerprint density at radius 2 is 1.84 bits per heavy atom. The van der Waals surface area contributed by atoms with Crippen LogP contribution in [0.15, 0.2) is 36.4 Å². The molecule has 1 aliphatic heterocycles. The molecule has 1 aliphatic rings. The number of sulfone groups is 1. The van der Waals surface area contributed by atoms with E-state index in [2.05, 4.69) is 5.32 Å². The number of amides is 1. The SMILES string of the molecule is COc1ccc2ccc(O[C@H](C)C(=O)N[C@H]3CCS(=O)(=O)C3)cc2c1. The Morgan fingerprint density at radius 3 is 2.48 bits per heavy atom. The van der Waals surface area contributed by atoms with Gasteiger partial charge in [-0.1, -0.05) is 12.1 Å². The minimum absolute atomic E-state index is 0.00122. The van der Waals surface area contributed by atoms with Gasteiger partial charge in [-0.2, -0.15) is 0 Å². The molecule has 3 rings (SSSR count). The second-order valence-corrected chi connectivity index (χ2v) is 8.47. The fourth-order valence-corrected chi connectivity index (χ4v) is 4.56. The Balaban J connectivity index is 1.66. The van der Waals surface area contributed by atoms with E-state index in [0.717, 1.165) is 16.5 Å². The van der Waals surface area contributed by atoms with Gasteiger partial charge in [0.05, 0.1) is 18.6 Å². The van der Waals surface area contributed by atoms with Crippen LogP contribution in [0.2, 0.25) is 0 Å². The normalized spacial score (nSPS) is 20.2. The van der Waals surface area contributed by atoms with Gasteiger partial charge in [0.2, 0.25) is 0 Å². The molecular formula is C18H21NO5S. The summed E-state index contributed by atoms with van der Waals surface area (Å²) in [5.74, 6) is 1.13. The number of hydrogen-bond acceptors (Lipinski definition) is 5. The molecule has 6 nitrogen and oxygen atoms in total. The molecule has 0 saturated carbocycles. The van der Waals surface area contributed by atoms with E-state index in [1.54, 1.807) is 20.1 Å². The molecule has 1 heterocycles. The van der Waals surface area contributed by atoms with Gasteiger partial charge in [-0.25, -0.2) is 8.42 Å². The standard InChI is InChI=1S/C18H21NO5S/c1-12(18(20)19-15-7-8-25(21,22)11-15)24-17-6-4-13-3-5-16(23-2)9-14(13)10-17/h3-6,9-10,12,15H,7-8,11H2,1-2H3,(H,19,20)/t12-,15+/m1/s1. The largest absolute Gasteiger partial charge is 0.497 e. The lowest BCUT2D eigenvalue weighted by atomic mass is 10.1. The highest BCUT2D eigenvalue weighted by atomic mass is 32.2. The lowest BCUT2D eigenvalue weighted by Crippen LogP contribution is -2.43. The molecule has 0 spiro atoms. The summed E-state index contributed by atoms with van der Waals surface area (Å²) in [6.45, 7) is 1.65. The van der Waals surface area contributed by atoms with Gasteiger partial charge < -0.3 is 14.8 Å². The highest BCUT2D eigenvalue weighted by molar-refractivity contribution is 7.91. The van der Waals surface area contributed by atoms with Gasteiger partial charge in [-0.3, -0.25) is 4.79 Å². The molecular weight excluding hydrogens is 342 g/mol. The zero-order valence-electron chi connectivity index (χ0n) is 14.2. The third-order valence-electron chi connectivity index (χ3n) is 4.28. The first kappa shape index (κ1) is 17.5. The van der Waals surface area contributed by atoms with Crippen molar-refractivity contribution in [2.24, 2.45) is 0 Å². The second kappa shape index (κ2) is 6.92. The molecule has 7 heteroatoms. The zero-order chi connectivity index (χ0) is 18.0. The van der Waals surface area contributed by atoms with Crippen LogP contribution in [0.1, 0.15) is 13.3 Å². The second-order valence-electron chi connectivity index (χ2n) is 6.24. The van der Waals surface area contributed by atoms with Gasteiger partial charge in [0.25, 0.3) is 5.91 Å². The van der Waals surface area contributed by atoms with Crippen LogP contribution >= 0.6 is 0 Å². The van der Waals surface area contributed by atoms with E-state index >= 15 is 0 Å². The van der Waals surface area contributed by atoms with E-state index in [9.17, 15) is 13.2 Å². The number of methoxy groups -OCH3 is 1. The average Bonchev–Trinajstić information content (AvgIpc) is 2.92. The Bertz CT molecular complexity index is 893. The van der Waals surface area contributed by atoms with Crippen LogP contribution in [0.5, 0.6) is 11.5 Å². The smallest absolute Gasteiger partial charge is 0.261 e. The minimum Gasteiger partial charge on any atom is -0.497 e. The summed E-state index contributed by atoms with van der Waals surface area (Å²) >= 11 is 0. The fourth-order valence-electron chi connectivity index (χ4n) is 2.89. The van der Waals surface area contributed by atoms with Crippen molar-refractivity contribution < 1.29 is 22.7 Å². The number of carbonyl (C=O) groups excluding carboxylic acids is 1. The first-order chi connectivity index (χ1) is 11.9. The fraction of sp³-hybridized carbons (Fsp3) is 0.389. The Kier molecular flexibility index (Phi) is 4.85. The molecule has 2 atom stereocenters. The van der Waals surface area contributed by atoms with E-state index < -0.39 is 15.9 Å². The summed E-state index contributed by atoms with van der Waals surface area (Å²) in [4.78, 5) is 12.2. The number of carbonyl (C=O) groups is 1. The summed E-state index contributed by atoms with van der Waals surface area (Å²) in [6.07, 6.45) is -0.261. The molecule has 0 unspecified atom stereocenters. The summed E-state index contributed by atoms with van der Waals surface area (Å²) in [6, 6.07) is 11.0. The molecule has 0 aromatic heterocycles. The average molecular weight is 363 g/mol. The van der Waals surface area contributed by atoms with Crippen molar-refractivity contribution >= 4 is 26.5 Å². The third kappa shape index (κ3) is 4.22. The minimum atomic E-state index is -3.02. The number of benzene rings is 2. The summed E-state index contributed by atoms with van der Waals surface area (Å²) < 4.78 is 33.9. The number of hydrogen-bond donors (Lipinski definition) is 1. The van der Waals surface area contributed by atoms with Crippen molar-refractivity contribution in [1.29, 1.82) is 0 Å². The number of ether oxygens (including phenoxy) is 2. The van der Waals surface area contributed by atoms with Crippen molar-refractivity contribution in [3.8, 4) is 11.5 Å². The first-order valence-electron chi connectivity index (χ1n) is 8.11. The van der Waals surface area contributed by atoms with Crippen LogP contribution in [0, 0.1) is 0 Å². The van der Waals surface area contributed by atoms with Crippen molar-refractivity contribution in [3.05, 3.63) is 36.4 Å².